The van der Waals surface area contributed by atoms with E-state index in [-0.39, 0.29) is 0 Å². The molecule has 0 spiro atoms. The Labute approximate surface area is 119 Å². The summed E-state index contributed by atoms with van der Waals surface area (Å²) in [6.45, 7) is 1.03. The standard InChI is InChI=1S/C13H13BrClNO2/c14-10-7-9(1-2-11(10)15)12(17)13(8-16)3-5-18-6-4-13/h1-2,7,12,17H,3-6H2. The van der Waals surface area contributed by atoms with Crippen LogP contribution in [0.4, 0.5) is 0 Å². The normalized spacial score (nSPS) is 20.1. The predicted octanol–water partition coefficient (Wildman–Crippen LogP) is 3.46. The Hall–Kier alpha value is -0.600. The third kappa shape index (κ3) is 2.55. The number of halogens is 2. The molecule has 1 aromatic carbocycles. The first kappa shape index (κ1) is 13.8. The molecule has 1 heterocycles. The summed E-state index contributed by atoms with van der Waals surface area (Å²) < 4.78 is 5.99. The molecule has 0 radical (unpaired) electrons. The van der Waals surface area contributed by atoms with Crippen LogP contribution in [0, 0.1) is 16.7 Å². The Morgan fingerprint density at radius 1 is 1.44 bits per heavy atom. The second-order valence-corrected chi connectivity index (χ2v) is 5.72. The Balaban J connectivity index is 2.31. The Morgan fingerprint density at radius 3 is 2.67 bits per heavy atom. The van der Waals surface area contributed by atoms with Crippen molar-refractivity contribution in [2.45, 2.75) is 18.9 Å². The lowest BCUT2D eigenvalue weighted by atomic mass is 9.74. The highest BCUT2D eigenvalue weighted by molar-refractivity contribution is 9.10. The zero-order chi connectivity index (χ0) is 13.2. The summed E-state index contributed by atoms with van der Waals surface area (Å²) >= 11 is 9.25. The zero-order valence-electron chi connectivity index (χ0n) is 9.70. The maximum atomic E-state index is 10.5. The van der Waals surface area contributed by atoms with Gasteiger partial charge in [0.25, 0.3) is 0 Å². The van der Waals surface area contributed by atoms with Gasteiger partial charge >= 0.3 is 0 Å². The maximum absolute atomic E-state index is 10.5. The molecule has 0 bridgehead atoms. The quantitative estimate of drug-likeness (QED) is 0.903. The van der Waals surface area contributed by atoms with Gasteiger partial charge in [0.1, 0.15) is 0 Å². The Kier molecular flexibility index (Phi) is 4.29. The highest BCUT2D eigenvalue weighted by Crippen LogP contribution is 2.42. The van der Waals surface area contributed by atoms with Crippen molar-refractivity contribution in [3.8, 4) is 6.07 Å². The smallest absolute Gasteiger partial charge is 0.0978 e. The number of hydrogen-bond acceptors (Lipinski definition) is 3. The minimum atomic E-state index is -0.819. The summed E-state index contributed by atoms with van der Waals surface area (Å²) in [5, 5.41) is 20.4. The van der Waals surface area contributed by atoms with Crippen LogP contribution < -0.4 is 0 Å². The molecule has 1 saturated heterocycles. The largest absolute Gasteiger partial charge is 0.387 e. The number of ether oxygens (including phenoxy) is 1. The molecule has 2 rings (SSSR count). The van der Waals surface area contributed by atoms with Gasteiger partial charge in [-0.25, -0.2) is 0 Å². The number of hydrogen-bond donors (Lipinski definition) is 1. The Morgan fingerprint density at radius 2 is 2.11 bits per heavy atom. The molecule has 1 aliphatic heterocycles. The van der Waals surface area contributed by atoms with Crippen molar-refractivity contribution in [2.24, 2.45) is 5.41 Å². The van der Waals surface area contributed by atoms with Crippen LogP contribution in [-0.4, -0.2) is 18.3 Å². The molecular formula is C13H13BrClNO2. The van der Waals surface area contributed by atoms with Crippen molar-refractivity contribution in [1.29, 1.82) is 5.26 Å². The number of aliphatic hydroxyl groups is 1. The molecule has 1 aliphatic rings. The van der Waals surface area contributed by atoms with Crippen molar-refractivity contribution in [2.75, 3.05) is 13.2 Å². The number of nitriles is 1. The lowest BCUT2D eigenvalue weighted by Crippen LogP contribution is -2.34. The summed E-state index contributed by atoms with van der Waals surface area (Å²) in [7, 11) is 0. The third-order valence-corrected chi connectivity index (χ3v) is 4.60. The van der Waals surface area contributed by atoms with Crippen molar-refractivity contribution < 1.29 is 9.84 Å². The van der Waals surface area contributed by atoms with Crippen LogP contribution in [0.25, 0.3) is 0 Å². The first-order chi connectivity index (χ1) is 8.59. The monoisotopic (exact) mass is 329 g/mol. The molecule has 1 aromatic rings. The molecule has 1 unspecified atom stereocenters. The van der Waals surface area contributed by atoms with E-state index in [1.807, 2.05) is 0 Å². The van der Waals surface area contributed by atoms with Crippen LogP contribution in [0.3, 0.4) is 0 Å². The van der Waals surface area contributed by atoms with E-state index >= 15 is 0 Å². The van der Waals surface area contributed by atoms with Crippen LogP contribution in [0.1, 0.15) is 24.5 Å². The van der Waals surface area contributed by atoms with E-state index < -0.39 is 11.5 Å². The molecule has 1 fully saturated rings. The topological polar surface area (TPSA) is 53.2 Å². The van der Waals surface area contributed by atoms with Gasteiger partial charge in [-0.05, 0) is 46.5 Å². The van der Waals surface area contributed by atoms with Gasteiger partial charge in [0, 0.05) is 17.7 Å². The minimum absolute atomic E-state index is 0.513. The summed E-state index contributed by atoms with van der Waals surface area (Å²) in [5.74, 6) is 0. The van der Waals surface area contributed by atoms with Gasteiger partial charge in [-0.3, -0.25) is 0 Å². The molecule has 3 nitrogen and oxygen atoms in total. The number of benzene rings is 1. The number of nitrogens with zero attached hydrogens (tertiary/aromatic N) is 1. The lowest BCUT2D eigenvalue weighted by molar-refractivity contribution is -0.0310. The highest BCUT2D eigenvalue weighted by atomic mass is 79.9. The Bertz CT molecular complexity index is 480. The third-order valence-electron chi connectivity index (χ3n) is 3.39. The van der Waals surface area contributed by atoms with Crippen LogP contribution in [0.2, 0.25) is 5.02 Å². The molecule has 0 aromatic heterocycles. The van der Waals surface area contributed by atoms with Crippen molar-refractivity contribution in [3.05, 3.63) is 33.3 Å². The van der Waals surface area contributed by atoms with E-state index in [9.17, 15) is 10.4 Å². The summed E-state index contributed by atoms with van der Waals surface area (Å²) in [5.41, 5.74) is -0.0550. The second-order valence-electron chi connectivity index (χ2n) is 4.46. The SMILES string of the molecule is N#CC1(C(O)c2ccc(Cl)c(Br)c2)CCOCC1. The van der Waals surface area contributed by atoms with Crippen LogP contribution >= 0.6 is 27.5 Å². The fraction of sp³-hybridized carbons (Fsp3) is 0.462. The van der Waals surface area contributed by atoms with E-state index in [1.165, 1.54) is 0 Å². The fourth-order valence-corrected chi connectivity index (χ4v) is 2.70. The van der Waals surface area contributed by atoms with Gasteiger partial charge in [-0.15, -0.1) is 0 Å². The van der Waals surface area contributed by atoms with Crippen molar-refractivity contribution in [1.82, 2.24) is 0 Å². The molecular weight excluding hydrogens is 318 g/mol. The molecule has 1 atom stereocenters. The van der Waals surface area contributed by atoms with Crippen molar-refractivity contribution in [3.63, 3.8) is 0 Å². The molecule has 0 amide bonds. The zero-order valence-corrected chi connectivity index (χ0v) is 12.0. The van der Waals surface area contributed by atoms with E-state index in [4.69, 9.17) is 16.3 Å². The summed E-state index contributed by atoms with van der Waals surface area (Å²) in [4.78, 5) is 0. The van der Waals surface area contributed by atoms with Gasteiger partial charge in [0.2, 0.25) is 0 Å². The van der Waals surface area contributed by atoms with Crippen LogP contribution in [0.5, 0.6) is 0 Å². The van der Waals surface area contributed by atoms with Gasteiger partial charge in [-0.1, -0.05) is 17.7 Å². The summed E-state index contributed by atoms with van der Waals surface area (Å²) in [6.07, 6.45) is 0.274. The molecule has 18 heavy (non-hydrogen) atoms. The summed E-state index contributed by atoms with van der Waals surface area (Å²) in [6, 6.07) is 7.51. The van der Waals surface area contributed by atoms with Gasteiger partial charge in [-0.2, -0.15) is 5.26 Å². The average Bonchev–Trinajstić information content (AvgIpc) is 2.42. The van der Waals surface area contributed by atoms with Gasteiger partial charge < -0.3 is 9.84 Å². The molecule has 5 heteroatoms. The maximum Gasteiger partial charge on any atom is 0.0978 e. The van der Waals surface area contributed by atoms with Gasteiger partial charge in [0.05, 0.1) is 22.6 Å². The van der Waals surface area contributed by atoms with E-state index in [0.29, 0.717) is 36.6 Å². The first-order valence-electron chi connectivity index (χ1n) is 5.71. The predicted molar refractivity (Wildman–Crippen MR) is 72.2 cm³/mol. The van der Waals surface area contributed by atoms with Crippen LogP contribution in [0.15, 0.2) is 22.7 Å². The fourth-order valence-electron chi connectivity index (χ4n) is 2.18. The lowest BCUT2D eigenvalue weighted by Gasteiger charge is -2.35. The molecule has 0 aliphatic carbocycles. The molecule has 1 N–H and O–H groups in total. The molecule has 0 saturated carbocycles. The van der Waals surface area contributed by atoms with E-state index in [2.05, 4.69) is 22.0 Å². The minimum Gasteiger partial charge on any atom is -0.387 e. The van der Waals surface area contributed by atoms with E-state index in [0.717, 1.165) is 4.47 Å². The van der Waals surface area contributed by atoms with E-state index in [1.54, 1.807) is 18.2 Å². The van der Waals surface area contributed by atoms with Crippen molar-refractivity contribution >= 4 is 27.5 Å². The van der Waals surface area contributed by atoms with Crippen LogP contribution in [-0.2, 0) is 4.74 Å². The first-order valence-corrected chi connectivity index (χ1v) is 6.88. The number of rotatable bonds is 2. The second kappa shape index (κ2) is 5.58. The number of aliphatic hydroxyl groups excluding tert-OH is 1. The highest BCUT2D eigenvalue weighted by Gasteiger charge is 2.40. The van der Waals surface area contributed by atoms with Gasteiger partial charge in [0.15, 0.2) is 0 Å². The average molecular weight is 331 g/mol. The molecule has 96 valence electrons.